The minimum absolute atomic E-state index is 0.0996. The topological polar surface area (TPSA) is 89.4 Å². The smallest absolute Gasteiger partial charge is 0.247 e. The lowest BCUT2D eigenvalue weighted by atomic mass is 9.98. The maximum Gasteiger partial charge on any atom is 0.247 e. The quantitative estimate of drug-likeness (QED) is 0.345. The number of benzene rings is 3. The fourth-order valence-electron chi connectivity index (χ4n) is 4.08. The summed E-state index contributed by atoms with van der Waals surface area (Å²) in [4.78, 5) is 28.9. The lowest BCUT2D eigenvalue weighted by molar-refractivity contribution is -0.142. The zero-order valence-electron chi connectivity index (χ0n) is 20.2. The highest BCUT2D eigenvalue weighted by atomic mass is 19.1. The largest absolute Gasteiger partial charge is 0.383 e. The fourth-order valence-corrected chi connectivity index (χ4v) is 4.08. The van der Waals surface area contributed by atoms with Gasteiger partial charge in [0.1, 0.15) is 23.9 Å². The van der Waals surface area contributed by atoms with Crippen molar-refractivity contribution in [2.45, 2.75) is 26.1 Å². The van der Waals surface area contributed by atoms with Gasteiger partial charge in [-0.2, -0.15) is 0 Å². The number of carbonyl (C=O) groups excluding carboxylic acids is 2. The van der Waals surface area contributed by atoms with Crippen LogP contribution < -0.4 is 5.32 Å². The van der Waals surface area contributed by atoms with Gasteiger partial charge in [0, 0.05) is 20.2 Å². The highest BCUT2D eigenvalue weighted by Gasteiger charge is 2.33. The number of amides is 2. The summed E-state index contributed by atoms with van der Waals surface area (Å²) in [5, 5.41) is 11.2. The van der Waals surface area contributed by atoms with E-state index in [1.165, 1.54) is 21.7 Å². The molecular weight excluding hydrogens is 461 g/mol. The van der Waals surface area contributed by atoms with Gasteiger partial charge in [0.2, 0.25) is 11.8 Å². The summed E-state index contributed by atoms with van der Waals surface area (Å²) in [7, 11) is 1.55. The first kappa shape index (κ1) is 25.0. The van der Waals surface area contributed by atoms with E-state index >= 15 is 0 Å². The maximum atomic E-state index is 13.8. The predicted molar refractivity (Wildman–Crippen MR) is 133 cm³/mol. The third-order valence-corrected chi connectivity index (χ3v) is 5.94. The molecule has 4 aromatic rings. The van der Waals surface area contributed by atoms with Crippen molar-refractivity contribution in [3.63, 3.8) is 0 Å². The summed E-state index contributed by atoms with van der Waals surface area (Å²) < 4.78 is 20.2. The number of nitrogens with one attached hydrogen (secondary N) is 1. The molecule has 4 rings (SSSR count). The van der Waals surface area contributed by atoms with Gasteiger partial charge in [0.05, 0.1) is 12.1 Å². The Morgan fingerprint density at radius 2 is 1.78 bits per heavy atom. The maximum absolute atomic E-state index is 13.8. The van der Waals surface area contributed by atoms with E-state index in [4.69, 9.17) is 4.74 Å². The van der Waals surface area contributed by atoms with Gasteiger partial charge in [-0.15, -0.1) is 5.10 Å². The van der Waals surface area contributed by atoms with Gasteiger partial charge in [0.25, 0.3) is 0 Å². The molecule has 0 fully saturated rings. The monoisotopic (exact) mass is 489 g/mol. The van der Waals surface area contributed by atoms with Crippen molar-refractivity contribution in [1.29, 1.82) is 0 Å². The number of fused-ring (bicyclic) bond motifs is 1. The average molecular weight is 490 g/mol. The Morgan fingerprint density at radius 1 is 1.06 bits per heavy atom. The molecule has 186 valence electrons. The number of para-hydroxylation sites is 1. The first-order valence-corrected chi connectivity index (χ1v) is 11.6. The third-order valence-electron chi connectivity index (χ3n) is 5.94. The normalized spacial score (nSPS) is 11.9. The lowest BCUT2D eigenvalue weighted by Gasteiger charge is -2.32. The van der Waals surface area contributed by atoms with Gasteiger partial charge in [-0.1, -0.05) is 53.7 Å². The number of hydrogen-bond donors (Lipinski definition) is 1. The molecule has 3 aromatic carbocycles. The molecule has 8 nitrogen and oxygen atoms in total. The molecular formula is C27H28FN5O3. The number of aromatic nitrogens is 3. The second-order valence-corrected chi connectivity index (χ2v) is 8.43. The van der Waals surface area contributed by atoms with Crippen molar-refractivity contribution in [3.8, 4) is 0 Å². The summed E-state index contributed by atoms with van der Waals surface area (Å²) in [5.74, 6) is -1.04. The van der Waals surface area contributed by atoms with Crippen LogP contribution in [-0.4, -0.2) is 52.0 Å². The molecule has 1 N–H and O–H groups in total. The number of methoxy groups -OCH3 is 1. The first-order chi connectivity index (χ1) is 17.5. The molecule has 0 aliphatic carbocycles. The van der Waals surface area contributed by atoms with E-state index in [2.05, 4.69) is 15.6 Å². The Morgan fingerprint density at radius 3 is 2.53 bits per heavy atom. The molecule has 2 amide bonds. The van der Waals surface area contributed by atoms with Crippen molar-refractivity contribution in [2.24, 2.45) is 0 Å². The number of hydrogen-bond acceptors (Lipinski definition) is 5. The van der Waals surface area contributed by atoms with Crippen LogP contribution >= 0.6 is 0 Å². The summed E-state index contributed by atoms with van der Waals surface area (Å²) in [6, 6.07) is 19.8. The van der Waals surface area contributed by atoms with Crippen LogP contribution in [0.5, 0.6) is 0 Å². The van der Waals surface area contributed by atoms with E-state index in [1.54, 1.807) is 19.2 Å². The minimum Gasteiger partial charge on any atom is -0.383 e. The lowest BCUT2D eigenvalue weighted by Crippen LogP contribution is -2.45. The standard InChI is InChI=1S/C27H28FN5O3/c1-19-7-3-4-8-22(19)26(27(35)29-15-16-36-2)32(17-20-11-13-21(28)14-12-20)25(34)18-33-24-10-6-5-9-23(24)30-31-33/h3-14,26H,15-18H2,1-2H3,(H,29,35)/t26-/m0/s1. The Balaban J connectivity index is 1.74. The Hall–Kier alpha value is -4.11. The second-order valence-electron chi connectivity index (χ2n) is 8.43. The Kier molecular flexibility index (Phi) is 8.02. The molecule has 0 bridgehead atoms. The van der Waals surface area contributed by atoms with Gasteiger partial charge < -0.3 is 15.0 Å². The van der Waals surface area contributed by atoms with Gasteiger partial charge >= 0.3 is 0 Å². The summed E-state index contributed by atoms with van der Waals surface area (Å²) >= 11 is 0. The summed E-state index contributed by atoms with van der Waals surface area (Å²) in [5.41, 5.74) is 3.64. The number of nitrogens with zero attached hydrogens (tertiary/aromatic N) is 4. The van der Waals surface area contributed by atoms with Crippen LogP contribution in [0.1, 0.15) is 22.7 Å². The van der Waals surface area contributed by atoms with Crippen LogP contribution in [0.15, 0.2) is 72.8 Å². The van der Waals surface area contributed by atoms with E-state index in [0.29, 0.717) is 35.3 Å². The van der Waals surface area contributed by atoms with E-state index < -0.39 is 6.04 Å². The zero-order valence-corrected chi connectivity index (χ0v) is 20.2. The fraction of sp³-hybridized carbons (Fsp3) is 0.259. The van der Waals surface area contributed by atoms with Crippen LogP contribution in [0.25, 0.3) is 11.0 Å². The molecule has 0 saturated carbocycles. The van der Waals surface area contributed by atoms with Crippen LogP contribution in [-0.2, 0) is 27.4 Å². The molecule has 1 heterocycles. The van der Waals surface area contributed by atoms with Crippen LogP contribution in [0.3, 0.4) is 0 Å². The first-order valence-electron chi connectivity index (χ1n) is 11.6. The summed E-state index contributed by atoms with van der Waals surface area (Å²) in [6.45, 7) is 2.52. The minimum atomic E-state index is -0.921. The molecule has 0 spiro atoms. The van der Waals surface area contributed by atoms with Crippen LogP contribution in [0.2, 0.25) is 0 Å². The highest BCUT2D eigenvalue weighted by Crippen LogP contribution is 2.27. The van der Waals surface area contributed by atoms with E-state index in [0.717, 1.165) is 5.56 Å². The Bertz CT molecular complexity index is 1340. The molecule has 0 radical (unpaired) electrons. The molecule has 1 aromatic heterocycles. The molecule has 1 atom stereocenters. The molecule has 0 aliphatic rings. The van der Waals surface area contributed by atoms with Gasteiger partial charge in [-0.3, -0.25) is 9.59 Å². The third kappa shape index (κ3) is 5.75. The van der Waals surface area contributed by atoms with E-state index in [-0.39, 0.29) is 30.7 Å². The predicted octanol–water partition coefficient (Wildman–Crippen LogP) is 3.41. The second kappa shape index (κ2) is 11.5. The number of halogens is 1. The molecule has 0 unspecified atom stereocenters. The zero-order chi connectivity index (χ0) is 25.5. The van der Waals surface area contributed by atoms with Gasteiger partial charge in [-0.05, 0) is 47.9 Å². The van der Waals surface area contributed by atoms with Crippen molar-refractivity contribution in [2.75, 3.05) is 20.3 Å². The molecule has 0 aliphatic heterocycles. The number of rotatable bonds is 10. The van der Waals surface area contributed by atoms with Gasteiger partial charge in [-0.25, -0.2) is 9.07 Å². The highest BCUT2D eigenvalue weighted by molar-refractivity contribution is 5.89. The van der Waals surface area contributed by atoms with Crippen molar-refractivity contribution < 1.29 is 18.7 Å². The number of carbonyl (C=O) groups is 2. The molecule has 0 saturated heterocycles. The van der Waals surface area contributed by atoms with Gasteiger partial charge in [0.15, 0.2) is 0 Å². The SMILES string of the molecule is COCCNC(=O)[C@H](c1ccccc1C)N(Cc1ccc(F)cc1)C(=O)Cn1nnc2ccccc21. The van der Waals surface area contributed by atoms with E-state index in [9.17, 15) is 14.0 Å². The van der Waals surface area contributed by atoms with Crippen molar-refractivity contribution in [1.82, 2.24) is 25.2 Å². The number of aryl methyl sites for hydroxylation is 1. The average Bonchev–Trinajstić information content (AvgIpc) is 3.29. The van der Waals surface area contributed by atoms with E-state index in [1.807, 2.05) is 55.5 Å². The Labute approximate surface area is 208 Å². The molecule has 9 heteroatoms. The number of ether oxygens (including phenoxy) is 1. The molecule has 36 heavy (non-hydrogen) atoms. The van der Waals surface area contributed by atoms with Crippen LogP contribution in [0, 0.1) is 12.7 Å². The van der Waals surface area contributed by atoms with Crippen molar-refractivity contribution in [3.05, 3.63) is 95.3 Å². The summed E-state index contributed by atoms with van der Waals surface area (Å²) in [6.07, 6.45) is 0. The van der Waals surface area contributed by atoms with Crippen molar-refractivity contribution >= 4 is 22.8 Å². The van der Waals surface area contributed by atoms with Crippen LogP contribution in [0.4, 0.5) is 4.39 Å².